The molecule has 0 aliphatic heterocycles. The molecule has 2 aromatic rings. The minimum Gasteiger partial charge on any atom is -0.477 e. The van der Waals surface area contributed by atoms with Crippen molar-refractivity contribution in [3.8, 4) is 0 Å². The second-order valence-electron chi connectivity index (χ2n) is 4.92. The maximum absolute atomic E-state index is 12.0. The zero-order valence-corrected chi connectivity index (χ0v) is 12.2. The Labute approximate surface area is 122 Å². The molecular formula is C15H19N3O3. The van der Waals surface area contributed by atoms with Gasteiger partial charge >= 0.3 is 5.97 Å². The summed E-state index contributed by atoms with van der Waals surface area (Å²) in [5.41, 5.74) is 0.00514. The number of nitrogens with zero attached hydrogens (tertiary/aromatic N) is 3. The molecule has 21 heavy (non-hydrogen) atoms. The fraction of sp³-hybridized carbons (Fsp3) is 0.400. The molecule has 2 aromatic heterocycles. The van der Waals surface area contributed by atoms with Gasteiger partial charge in [0.25, 0.3) is 5.56 Å². The van der Waals surface area contributed by atoms with Gasteiger partial charge in [0, 0.05) is 12.4 Å². The lowest BCUT2D eigenvalue weighted by atomic mass is 10.2. The average molecular weight is 289 g/mol. The van der Waals surface area contributed by atoms with Gasteiger partial charge in [-0.2, -0.15) is 5.10 Å². The number of hydrogen-bond donors (Lipinski definition) is 1. The summed E-state index contributed by atoms with van der Waals surface area (Å²) in [6, 6.07) is 5.08. The van der Waals surface area contributed by atoms with E-state index in [9.17, 15) is 9.59 Å². The third kappa shape index (κ3) is 3.21. The van der Waals surface area contributed by atoms with Crippen molar-refractivity contribution in [2.45, 2.75) is 39.3 Å². The van der Waals surface area contributed by atoms with E-state index in [0.29, 0.717) is 6.04 Å². The Morgan fingerprint density at radius 1 is 1.29 bits per heavy atom. The molecule has 0 amide bonds. The molecular weight excluding hydrogens is 270 g/mol. The molecule has 0 aromatic carbocycles. The van der Waals surface area contributed by atoms with Crippen LogP contribution in [0.25, 0.3) is 0 Å². The Bertz CT molecular complexity index is 683. The number of hydrogen-bond acceptors (Lipinski definition) is 3. The van der Waals surface area contributed by atoms with Crippen molar-refractivity contribution in [2.24, 2.45) is 0 Å². The van der Waals surface area contributed by atoms with Crippen molar-refractivity contribution in [3.63, 3.8) is 0 Å². The molecule has 2 rings (SSSR count). The first-order valence-electron chi connectivity index (χ1n) is 7.03. The van der Waals surface area contributed by atoms with E-state index in [-0.39, 0.29) is 12.1 Å². The maximum atomic E-state index is 12.0. The van der Waals surface area contributed by atoms with Crippen molar-refractivity contribution in [1.29, 1.82) is 0 Å². The number of aromatic carboxylic acids is 1. The molecule has 0 aliphatic rings. The van der Waals surface area contributed by atoms with Crippen LogP contribution in [0, 0.1) is 0 Å². The van der Waals surface area contributed by atoms with Gasteiger partial charge in [0.15, 0.2) is 0 Å². The van der Waals surface area contributed by atoms with Crippen molar-refractivity contribution < 1.29 is 9.90 Å². The number of rotatable bonds is 6. The summed E-state index contributed by atoms with van der Waals surface area (Å²) in [5.74, 6) is -1.21. The van der Waals surface area contributed by atoms with E-state index >= 15 is 0 Å². The lowest BCUT2D eigenvalue weighted by Crippen LogP contribution is -2.26. The lowest BCUT2D eigenvalue weighted by Gasteiger charge is -2.12. The summed E-state index contributed by atoms with van der Waals surface area (Å²) >= 11 is 0. The van der Waals surface area contributed by atoms with Gasteiger partial charge in [-0.3, -0.25) is 9.48 Å². The first-order chi connectivity index (χ1) is 10.1. The molecule has 0 saturated heterocycles. The van der Waals surface area contributed by atoms with Gasteiger partial charge in [-0.15, -0.1) is 0 Å². The van der Waals surface area contributed by atoms with Gasteiger partial charge in [-0.25, -0.2) is 4.79 Å². The van der Waals surface area contributed by atoms with E-state index in [1.54, 1.807) is 12.3 Å². The predicted octanol–water partition coefficient (Wildman–Crippen LogP) is 2.15. The second kappa shape index (κ2) is 6.39. The molecule has 6 heteroatoms. The quantitative estimate of drug-likeness (QED) is 0.884. The number of carboxylic acids is 1. The topological polar surface area (TPSA) is 77.1 Å². The summed E-state index contributed by atoms with van der Waals surface area (Å²) < 4.78 is 3.27. The van der Waals surface area contributed by atoms with Crippen LogP contribution in [0.3, 0.4) is 0 Å². The van der Waals surface area contributed by atoms with E-state index in [2.05, 4.69) is 18.9 Å². The third-order valence-corrected chi connectivity index (χ3v) is 3.56. The monoisotopic (exact) mass is 289 g/mol. The van der Waals surface area contributed by atoms with Gasteiger partial charge in [-0.05, 0) is 31.0 Å². The van der Waals surface area contributed by atoms with Crippen LogP contribution in [0.15, 0.2) is 35.4 Å². The van der Waals surface area contributed by atoms with Crippen LogP contribution in [0.4, 0.5) is 0 Å². The van der Waals surface area contributed by atoms with Crippen LogP contribution < -0.4 is 5.56 Å². The van der Waals surface area contributed by atoms with E-state index in [0.717, 1.165) is 18.5 Å². The SMILES string of the molecule is CCC(CC)n1ccc(Cn2cccc(C(=O)O)c2=O)n1. The molecule has 0 unspecified atom stereocenters. The fourth-order valence-corrected chi connectivity index (χ4v) is 2.33. The van der Waals surface area contributed by atoms with E-state index in [1.165, 1.54) is 10.6 Å². The lowest BCUT2D eigenvalue weighted by molar-refractivity contribution is 0.0694. The minimum absolute atomic E-state index is 0.225. The standard InChI is InChI=1S/C15H19N3O3/c1-3-12(4-2)18-9-7-11(16-18)10-17-8-5-6-13(14(17)19)15(20)21/h5-9,12H,3-4,10H2,1-2H3,(H,20,21). The third-order valence-electron chi connectivity index (χ3n) is 3.56. The van der Waals surface area contributed by atoms with Crippen LogP contribution in [-0.4, -0.2) is 25.4 Å². The highest BCUT2D eigenvalue weighted by molar-refractivity contribution is 5.86. The van der Waals surface area contributed by atoms with Crippen molar-refractivity contribution in [3.05, 3.63) is 52.2 Å². The van der Waals surface area contributed by atoms with Gasteiger partial charge in [-0.1, -0.05) is 13.8 Å². The van der Waals surface area contributed by atoms with Crippen molar-refractivity contribution >= 4 is 5.97 Å². The van der Waals surface area contributed by atoms with Gasteiger partial charge in [0.2, 0.25) is 0 Å². The highest BCUT2D eigenvalue weighted by Gasteiger charge is 2.12. The molecule has 1 N–H and O–H groups in total. The normalized spacial score (nSPS) is 11.0. The summed E-state index contributed by atoms with van der Waals surface area (Å²) in [4.78, 5) is 23.0. The predicted molar refractivity (Wildman–Crippen MR) is 78.6 cm³/mol. The largest absolute Gasteiger partial charge is 0.477 e. The van der Waals surface area contributed by atoms with Crippen molar-refractivity contribution in [1.82, 2.24) is 14.3 Å². The number of pyridine rings is 1. The number of carboxylic acid groups (broad SMARTS) is 1. The van der Waals surface area contributed by atoms with Crippen LogP contribution in [0.2, 0.25) is 0 Å². The maximum Gasteiger partial charge on any atom is 0.341 e. The van der Waals surface area contributed by atoms with Crippen LogP contribution >= 0.6 is 0 Å². The fourth-order valence-electron chi connectivity index (χ4n) is 2.33. The molecule has 0 spiro atoms. The summed E-state index contributed by atoms with van der Waals surface area (Å²) in [5, 5.41) is 13.4. The summed E-state index contributed by atoms with van der Waals surface area (Å²) in [7, 11) is 0. The van der Waals surface area contributed by atoms with E-state index in [1.807, 2.05) is 16.9 Å². The molecule has 0 saturated carbocycles. The molecule has 6 nitrogen and oxygen atoms in total. The minimum atomic E-state index is -1.21. The summed E-state index contributed by atoms with van der Waals surface area (Å²) in [6.45, 7) is 4.49. The number of aromatic nitrogens is 3. The Morgan fingerprint density at radius 2 is 2.00 bits per heavy atom. The molecule has 0 atom stereocenters. The molecule has 0 radical (unpaired) electrons. The Balaban J connectivity index is 2.25. The highest BCUT2D eigenvalue weighted by Crippen LogP contribution is 2.14. The van der Waals surface area contributed by atoms with Crippen LogP contribution in [-0.2, 0) is 6.54 Å². The van der Waals surface area contributed by atoms with Crippen molar-refractivity contribution in [2.75, 3.05) is 0 Å². The Kier molecular flexibility index (Phi) is 4.57. The Hall–Kier alpha value is -2.37. The second-order valence-corrected chi connectivity index (χ2v) is 4.92. The molecule has 0 bridgehead atoms. The Morgan fingerprint density at radius 3 is 2.62 bits per heavy atom. The zero-order valence-electron chi connectivity index (χ0n) is 12.2. The molecule has 2 heterocycles. The summed E-state index contributed by atoms with van der Waals surface area (Å²) in [6.07, 6.45) is 5.46. The number of carbonyl (C=O) groups is 1. The van der Waals surface area contributed by atoms with Gasteiger partial charge in [0.1, 0.15) is 5.56 Å². The van der Waals surface area contributed by atoms with Crippen LogP contribution in [0.1, 0.15) is 48.8 Å². The van der Waals surface area contributed by atoms with Gasteiger partial charge in [0.05, 0.1) is 18.3 Å². The van der Waals surface area contributed by atoms with E-state index < -0.39 is 11.5 Å². The van der Waals surface area contributed by atoms with E-state index in [4.69, 9.17) is 5.11 Å². The van der Waals surface area contributed by atoms with Gasteiger partial charge < -0.3 is 9.67 Å². The molecule has 0 fully saturated rings. The molecule has 0 aliphatic carbocycles. The highest BCUT2D eigenvalue weighted by atomic mass is 16.4. The smallest absolute Gasteiger partial charge is 0.341 e. The van der Waals surface area contributed by atoms with Crippen LogP contribution in [0.5, 0.6) is 0 Å². The first-order valence-corrected chi connectivity index (χ1v) is 7.03. The average Bonchev–Trinajstić information content (AvgIpc) is 2.91. The molecule has 112 valence electrons. The first kappa shape index (κ1) is 15.0. The zero-order chi connectivity index (χ0) is 15.4.